The number of rotatable bonds is 7. The van der Waals surface area contributed by atoms with Gasteiger partial charge in [0.2, 0.25) is 5.91 Å². The van der Waals surface area contributed by atoms with E-state index >= 15 is 0 Å². The Morgan fingerprint density at radius 3 is 2.79 bits per heavy atom. The summed E-state index contributed by atoms with van der Waals surface area (Å²) in [4.78, 5) is 16.1. The van der Waals surface area contributed by atoms with Gasteiger partial charge in [-0.25, -0.2) is 4.98 Å². The van der Waals surface area contributed by atoms with Crippen molar-refractivity contribution < 1.29 is 9.90 Å². The van der Waals surface area contributed by atoms with Gasteiger partial charge in [0.1, 0.15) is 11.9 Å². The molecule has 0 saturated heterocycles. The third-order valence-corrected chi connectivity index (χ3v) is 3.42. The van der Waals surface area contributed by atoms with Crippen molar-refractivity contribution in [1.29, 1.82) is 0 Å². The number of hydrogen-bond donors (Lipinski definition) is 2. The highest BCUT2D eigenvalue weighted by Gasteiger charge is 2.18. The van der Waals surface area contributed by atoms with Crippen molar-refractivity contribution in [2.75, 3.05) is 13.2 Å². The van der Waals surface area contributed by atoms with E-state index in [0.717, 1.165) is 18.7 Å². The van der Waals surface area contributed by atoms with Crippen LogP contribution in [0.25, 0.3) is 0 Å². The minimum absolute atomic E-state index is 0.00269. The summed E-state index contributed by atoms with van der Waals surface area (Å²) in [6.07, 6.45) is 5.27. The van der Waals surface area contributed by atoms with Crippen LogP contribution in [0.1, 0.15) is 45.5 Å². The second-order valence-electron chi connectivity index (χ2n) is 5.77. The maximum atomic E-state index is 12.0. The summed E-state index contributed by atoms with van der Waals surface area (Å²) in [6.45, 7) is 8.60. The number of amides is 1. The van der Waals surface area contributed by atoms with E-state index in [0.29, 0.717) is 6.54 Å². The molecule has 108 valence electrons. The quantitative estimate of drug-likeness (QED) is 0.738. The third-order valence-electron chi connectivity index (χ3n) is 3.42. The predicted molar refractivity (Wildman–Crippen MR) is 74.8 cm³/mol. The highest BCUT2D eigenvalue weighted by atomic mass is 16.3. The zero-order valence-electron chi connectivity index (χ0n) is 12.3. The van der Waals surface area contributed by atoms with Crippen LogP contribution in [0.15, 0.2) is 12.4 Å². The van der Waals surface area contributed by atoms with Crippen molar-refractivity contribution in [3.8, 4) is 0 Å². The molecule has 0 aliphatic carbocycles. The average molecular weight is 267 g/mol. The average Bonchev–Trinajstić information content (AvgIpc) is 2.79. The molecular weight excluding hydrogens is 242 g/mol. The summed E-state index contributed by atoms with van der Waals surface area (Å²) in [5.74, 6) is 0.840. The number of aliphatic hydroxyl groups is 1. The Balaban J connectivity index is 2.34. The Morgan fingerprint density at radius 1 is 1.58 bits per heavy atom. The maximum Gasteiger partial charge on any atom is 0.242 e. The summed E-state index contributed by atoms with van der Waals surface area (Å²) >= 11 is 0. The lowest BCUT2D eigenvalue weighted by molar-refractivity contribution is -0.123. The molecule has 1 heterocycles. The summed E-state index contributed by atoms with van der Waals surface area (Å²) in [6, 6.07) is -0.242. The number of aryl methyl sites for hydroxylation is 1. The van der Waals surface area contributed by atoms with E-state index in [4.69, 9.17) is 5.11 Å². The van der Waals surface area contributed by atoms with Crippen LogP contribution in [0.3, 0.4) is 0 Å². The molecule has 1 rings (SSSR count). The van der Waals surface area contributed by atoms with E-state index in [1.165, 1.54) is 0 Å². The van der Waals surface area contributed by atoms with E-state index in [2.05, 4.69) is 10.3 Å². The standard InChI is InChI=1S/C14H25N3O2/c1-11(17-9-8-15-12(17)2)13(19)16-7-5-6-14(3,4)10-18/h8-9,11,18H,5-7,10H2,1-4H3,(H,16,19)/t11-/m1/s1. The first kappa shape index (κ1) is 15.7. The Morgan fingerprint density at radius 2 is 2.26 bits per heavy atom. The van der Waals surface area contributed by atoms with Crippen molar-refractivity contribution in [3.63, 3.8) is 0 Å². The molecule has 19 heavy (non-hydrogen) atoms. The monoisotopic (exact) mass is 267 g/mol. The van der Waals surface area contributed by atoms with E-state index in [1.54, 1.807) is 6.20 Å². The number of carbonyl (C=O) groups excluding carboxylic acids is 1. The molecule has 0 saturated carbocycles. The number of carbonyl (C=O) groups is 1. The highest BCUT2D eigenvalue weighted by molar-refractivity contribution is 5.79. The van der Waals surface area contributed by atoms with Gasteiger partial charge in [-0.05, 0) is 32.1 Å². The molecule has 0 aliphatic rings. The predicted octanol–water partition coefficient (Wildman–Crippen LogP) is 1.67. The van der Waals surface area contributed by atoms with E-state index in [-0.39, 0.29) is 24.0 Å². The third kappa shape index (κ3) is 4.67. The number of hydrogen-bond acceptors (Lipinski definition) is 3. The lowest BCUT2D eigenvalue weighted by Gasteiger charge is -2.21. The largest absolute Gasteiger partial charge is 0.396 e. The molecule has 1 aromatic rings. The smallest absolute Gasteiger partial charge is 0.242 e. The Labute approximate surface area is 115 Å². The SMILES string of the molecule is Cc1nccn1[C@H](C)C(=O)NCCCC(C)(C)CO. The summed E-state index contributed by atoms with van der Waals surface area (Å²) < 4.78 is 1.85. The van der Waals surface area contributed by atoms with Crippen molar-refractivity contribution in [2.45, 2.75) is 46.6 Å². The van der Waals surface area contributed by atoms with Gasteiger partial charge in [0.25, 0.3) is 0 Å². The van der Waals surface area contributed by atoms with Gasteiger partial charge in [0, 0.05) is 25.5 Å². The number of imidazole rings is 1. The van der Waals surface area contributed by atoms with Crippen LogP contribution in [0.5, 0.6) is 0 Å². The lowest BCUT2D eigenvalue weighted by Crippen LogP contribution is -2.32. The van der Waals surface area contributed by atoms with Crippen LogP contribution in [-0.4, -0.2) is 33.7 Å². The molecule has 0 aliphatic heterocycles. The molecule has 5 heteroatoms. The molecular formula is C14H25N3O2. The Hall–Kier alpha value is -1.36. The fourth-order valence-electron chi connectivity index (χ4n) is 1.93. The van der Waals surface area contributed by atoms with E-state index < -0.39 is 0 Å². The molecule has 1 aromatic heterocycles. The molecule has 0 radical (unpaired) electrons. The van der Waals surface area contributed by atoms with Crippen LogP contribution in [0.4, 0.5) is 0 Å². The molecule has 2 N–H and O–H groups in total. The second kappa shape index (κ2) is 6.70. The van der Waals surface area contributed by atoms with Crippen LogP contribution >= 0.6 is 0 Å². The molecule has 1 atom stereocenters. The summed E-state index contributed by atoms with van der Waals surface area (Å²) in [5.41, 5.74) is -0.0721. The van der Waals surface area contributed by atoms with Crippen LogP contribution < -0.4 is 5.32 Å². The number of aliphatic hydroxyl groups excluding tert-OH is 1. The van der Waals surface area contributed by atoms with Crippen molar-refractivity contribution in [1.82, 2.24) is 14.9 Å². The molecule has 1 amide bonds. The van der Waals surface area contributed by atoms with Gasteiger partial charge >= 0.3 is 0 Å². The lowest BCUT2D eigenvalue weighted by atomic mass is 9.89. The van der Waals surface area contributed by atoms with Gasteiger partial charge < -0.3 is 15.0 Å². The molecule has 0 spiro atoms. The van der Waals surface area contributed by atoms with E-state index in [1.807, 2.05) is 38.5 Å². The number of aromatic nitrogens is 2. The summed E-state index contributed by atoms with van der Waals surface area (Å²) in [5, 5.41) is 12.1. The fourth-order valence-corrected chi connectivity index (χ4v) is 1.93. The maximum absolute atomic E-state index is 12.0. The highest BCUT2D eigenvalue weighted by Crippen LogP contribution is 2.20. The van der Waals surface area contributed by atoms with Crippen molar-refractivity contribution >= 4 is 5.91 Å². The normalized spacial score (nSPS) is 13.3. The van der Waals surface area contributed by atoms with Gasteiger partial charge in [-0.15, -0.1) is 0 Å². The second-order valence-corrected chi connectivity index (χ2v) is 5.77. The first-order valence-corrected chi connectivity index (χ1v) is 6.75. The van der Waals surface area contributed by atoms with Crippen molar-refractivity contribution in [3.05, 3.63) is 18.2 Å². The van der Waals surface area contributed by atoms with E-state index in [9.17, 15) is 4.79 Å². The molecule has 5 nitrogen and oxygen atoms in total. The topological polar surface area (TPSA) is 67.2 Å². The molecule has 0 bridgehead atoms. The van der Waals surface area contributed by atoms with Crippen molar-refractivity contribution in [2.24, 2.45) is 5.41 Å². The van der Waals surface area contributed by atoms with Gasteiger partial charge in [-0.3, -0.25) is 4.79 Å². The Kier molecular flexibility index (Phi) is 5.54. The van der Waals surface area contributed by atoms with Gasteiger partial charge in [-0.2, -0.15) is 0 Å². The number of nitrogens with zero attached hydrogens (tertiary/aromatic N) is 2. The van der Waals surface area contributed by atoms with Gasteiger partial charge in [-0.1, -0.05) is 13.8 Å². The minimum atomic E-state index is -0.242. The zero-order valence-corrected chi connectivity index (χ0v) is 12.3. The Bertz CT molecular complexity index is 413. The van der Waals surface area contributed by atoms with Gasteiger partial charge in [0.05, 0.1) is 0 Å². The number of nitrogens with one attached hydrogen (secondary N) is 1. The molecule has 0 aromatic carbocycles. The molecule has 0 unspecified atom stereocenters. The minimum Gasteiger partial charge on any atom is -0.396 e. The first-order chi connectivity index (χ1) is 8.87. The van der Waals surface area contributed by atoms with Crippen LogP contribution in [0.2, 0.25) is 0 Å². The van der Waals surface area contributed by atoms with Crippen LogP contribution in [0, 0.1) is 12.3 Å². The van der Waals surface area contributed by atoms with Crippen LogP contribution in [-0.2, 0) is 4.79 Å². The van der Waals surface area contributed by atoms with Gasteiger partial charge in [0.15, 0.2) is 0 Å². The summed E-state index contributed by atoms with van der Waals surface area (Å²) in [7, 11) is 0. The fraction of sp³-hybridized carbons (Fsp3) is 0.714. The first-order valence-electron chi connectivity index (χ1n) is 6.75. The zero-order chi connectivity index (χ0) is 14.5. The molecule has 0 fully saturated rings.